The SMILES string of the molecule is COc1cccc(-c2cc(C(=O)NCc3ccccn3)nn2C)c1. The van der Waals surface area contributed by atoms with Crippen molar-refractivity contribution in [3.05, 3.63) is 66.1 Å². The lowest BCUT2D eigenvalue weighted by molar-refractivity contribution is 0.0944. The summed E-state index contributed by atoms with van der Waals surface area (Å²) in [6, 6.07) is 15.0. The van der Waals surface area contributed by atoms with Gasteiger partial charge in [0.15, 0.2) is 5.69 Å². The molecular formula is C18H18N4O2. The van der Waals surface area contributed by atoms with Gasteiger partial charge in [0.05, 0.1) is 25.0 Å². The fourth-order valence-electron chi connectivity index (χ4n) is 2.39. The van der Waals surface area contributed by atoms with Crippen LogP contribution in [0.15, 0.2) is 54.7 Å². The van der Waals surface area contributed by atoms with Crippen molar-refractivity contribution >= 4 is 5.91 Å². The molecule has 3 aromatic rings. The number of aryl methyl sites for hydroxylation is 1. The van der Waals surface area contributed by atoms with Crippen LogP contribution in [0.3, 0.4) is 0 Å². The zero-order valence-corrected chi connectivity index (χ0v) is 13.6. The lowest BCUT2D eigenvalue weighted by Crippen LogP contribution is -2.23. The first-order valence-corrected chi connectivity index (χ1v) is 7.54. The van der Waals surface area contributed by atoms with Crippen LogP contribution in [0.25, 0.3) is 11.3 Å². The third kappa shape index (κ3) is 3.43. The molecule has 1 aromatic carbocycles. The summed E-state index contributed by atoms with van der Waals surface area (Å²) in [6.45, 7) is 0.366. The molecule has 0 fully saturated rings. The standard InChI is InChI=1S/C18H18N4O2/c1-22-17(13-6-5-8-15(10-13)24-2)11-16(21-22)18(23)20-12-14-7-3-4-9-19-14/h3-11H,12H2,1-2H3,(H,20,23). The van der Waals surface area contributed by atoms with Gasteiger partial charge in [-0.2, -0.15) is 5.10 Å². The summed E-state index contributed by atoms with van der Waals surface area (Å²) in [6.07, 6.45) is 1.70. The van der Waals surface area contributed by atoms with E-state index < -0.39 is 0 Å². The number of amides is 1. The Balaban J connectivity index is 1.76. The predicted molar refractivity (Wildman–Crippen MR) is 90.6 cm³/mol. The van der Waals surface area contributed by atoms with Gasteiger partial charge in [-0.15, -0.1) is 0 Å². The van der Waals surface area contributed by atoms with Crippen LogP contribution in [0.5, 0.6) is 5.75 Å². The van der Waals surface area contributed by atoms with E-state index in [2.05, 4.69) is 15.4 Å². The number of hydrogen-bond acceptors (Lipinski definition) is 4. The number of aromatic nitrogens is 3. The van der Waals surface area contributed by atoms with Crippen LogP contribution in [0, 0.1) is 0 Å². The molecule has 0 aliphatic heterocycles. The van der Waals surface area contributed by atoms with E-state index in [1.807, 2.05) is 49.5 Å². The van der Waals surface area contributed by atoms with Crippen molar-refractivity contribution in [2.24, 2.45) is 7.05 Å². The van der Waals surface area contributed by atoms with Crippen molar-refractivity contribution in [3.8, 4) is 17.0 Å². The summed E-state index contributed by atoms with van der Waals surface area (Å²) >= 11 is 0. The number of ether oxygens (including phenoxy) is 1. The number of methoxy groups -OCH3 is 1. The Morgan fingerprint density at radius 1 is 1.21 bits per heavy atom. The maximum Gasteiger partial charge on any atom is 0.272 e. The second kappa shape index (κ2) is 6.95. The summed E-state index contributed by atoms with van der Waals surface area (Å²) in [4.78, 5) is 16.5. The first-order chi connectivity index (χ1) is 11.7. The third-order valence-corrected chi connectivity index (χ3v) is 3.63. The highest BCUT2D eigenvalue weighted by atomic mass is 16.5. The average Bonchev–Trinajstić information content (AvgIpc) is 3.02. The minimum Gasteiger partial charge on any atom is -0.497 e. The number of benzene rings is 1. The molecule has 0 atom stereocenters. The van der Waals surface area contributed by atoms with E-state index in [1.165, 1.54) is 0 Å². The van der Waals surface area contributed by atoms with Crippen LogP contribution in [-0.2, 0) is 13.6 Å². The molecule has 0 bridgehead atoms. The molecule has 1 N–H and O–H groups in total. The van der Waals surface area contributed by atoms with Gasteiger partial charge >= 0.3 is 0 Å². The van der Waals surface area contributed by atoms with E-state index >= 15 is 0 Å². The van der Waals surface area contributed by atoms with E-state index in [0.29, 0.717) is 12.2 Å². The van der Waals surface area contributed by atoms with Gasteiger partial charge in [0.25, 0.3) is 5.91 Å². The smallest absolute Gasteiger partial charge is 0.272 e. The molecule has 0 saturated carbocycles. The normalized spacial score (nSPS) is 10.4. The van der Waals surface area contributed by atoms with Crippen LogP contribution < -0.4 is 10.1 Å². The van der Waals surface area contributed by atoms with Crippen molar-refractivity contribution < 1.29 is 9.53 Å². The molecule has 6 nitrogen and oxygen atoms in total. The van der Waals surface area contributed by atoms with Crippen LogP contribution >= 0.6 is 0 Å². The number of rotatable bonds is 5. The van der Waals surface area contributed by atoms with Gasteiger partial charge in [-0.3, -0.25) is 14.5 Å². The van der Waals surface area contributed by atoms with Gasteiger partial charge in [0, 0.05) is 18.8 Å². The van der Waals surface area contributed by atoms with Crippen LogP contribution in [0.1, 0.15) is 16.2 Å². The maximum absolute atomic E-state index is 12.3. The van der Waals surface area contributed by atoms with Crippen molar-refractivity contribution in [3.63, 3.8) is 0 Å². The summed E-state index contributed by atoms with van der Waals surface area (Å²) in [5.74, 6) is 0.528. The summed E-state index contributed by atoms with van der Waals surface area (Å²) < 4.78 is 6.93. The third-order valence-electron chi connectivity index (χ3n) is 3.63. The first-order valence-electron chi connectivity index (χ1n) is 7.54. The molecule has 24 heavy (non-hydrogen) atoms. The molecule has 3 rings (SSSR count). The van der Waals surface area contributed by atoms with Gasteiger partial charge in [0.1, 0.15) is 5.75 Å². The molecule has 122 valence electrons. The molecule has 2 heterocycles. The van der Waals surface area contributed by atoms with Gasteiger partial charge in [-0.25, -0.2) is 0 Å². The Hall–Kier alpha value is -3.15. The Bertz CT molecular complexity index is 843. The fraction of sp³-hybridized carbons (Fsp3) is 0.167. The first kappa shape index (κ1) is 15.7. The summed E-state index contributed by atoms with van der Waals surface area (Å²) in [7, 11) is 3.43. The average molecular weight is 322 g/mol. The van der Waals surface area contributed by atoms with Gasteiger partial charge in [-0.05, 0) is 30.3 Å². The lowest BCUT2D eigenvalue weighted by Gasteiger charge is -2.04. The number of pyridine rings is 1. The highest BCUT2D eigenvalue weighted by Crippen LogP contribution is 2.24. The summed E-state index contributed by atoms with van der Waals surface area (Å²) in [5, 5.41) is 7.13. The van der Waals surface area contributed by atoms with Gasteiger partial charge in [0.2, 0.25) is 0 Å². The Morgan fingerprint density at radius 3 is 2.83 bits per heavy atom. The summed E-state index contributed by atoms with van der Waals surface area (Å²) in [5.41, 5.74) is 2.95. The van der Waals surface area contributed by atoms with E-state index in [4.69, 9.17) is 4.74 Å². The van der Waals surface area contributed by atoms with E-state index in [-0.39, 0.29) is 5.91 Å². The molecule has 2 aromatic heterocycles. The fourth-order valence-corrected chi connectivity index (χ4v) is 2.39. The largest absolute Gasteiger partial charge is 0.497 e. The Labute approximate surface area is 140 Å². The van der Waals surface area contributed by atoms with E-state index in [9.17, 15) is 4.79 Å². The quantitative estimate of drug-likeness (QED) is 0.783. The number of carbonyl (C=O) groups excluding carboxylic acids is 1. The van der Waals surface area contributed by atoms with Crippen molar-refractivity contribution in [1.29, 1.82) is 0 Å². The minimum absolute atomic E-state index is 0.231. The second-order valence-electron chi connectivity index (χ2n) is 5.27. The molecule has 0 aliphatic carbocycles. The number of nitrogens with one attached hydrogen (secondary N) is 1. The maximum atomic E-state index is 12.3. The van der Waals surface area contributed by atoms with Crippen LogP contribution in [0.4, 0.5) is 0 Å². The van der Waals surface area contributed by atoms with E-state index in [1.54, 1.807) is 24.1 Å². The van der Waals surface area contributed by atoms with E-state index in [0.717, 1.165) is 22.7 Å². The zero-order valence-electron chi connectivity index (χ0n) is 13.6. The minimum atomic E-state index is -0.231. The van der Waals surface area contributed by atoms with Gasteiger partial charge in [-0.1, -0.05) is 18.2 Å². The lowest BCUT2D eigenvalue weighted by atomic mass is 10.1. The van der Waals surface area contributed by atoms with Crippen molar-refractivity contribution in [1.82, 2.24) is 20.1 Å². The predicted octanol–water partition coefficient (Wildman–Crippen LogP) is 2.42. The monoisotopic (exact) mass is 322 g/mol. The highest BCUT2D eigenvalue weighted by molar-refractivity contribution is 5.93. The van der Waals surface area contributed by atoms with Gasteiger partial charge < -0.3 is 10.1 Å². The molecule has 0 spiro atoms. The van der Waals surface area contributed by atoms with Crippen LogP contribution in [0.2, 0.25) is 0 Å². The Kier molecular flexibility index (Phi) is 4.56. The zero-order chi connectivity index (χ0) is 16.9. The Morgan fingerprint density at radius 2 is 2.08 bits per heavy atom. The molecule has 1 amide bonds. The number of nitrogens with zero attached hydrogens (tertiary/aromatic N) is 3. The number of carbonyl (C=O) groups is 1. The molecule has 0 radical (unpaired) electrons. The molecule has 0 aliphatic rings. The number of hydrogen-bond donors (Lipinski definition) is 1. The molecule has 0 unspecified atom stereocenters. The van der Waals surface area contributed by atoms with Crippen LogP contribution in [-0.4, -0.2) is 27.8 Å². The van der Waals surface area contributed by atoms with Crippen molar-refractivity contribution in [2.45, 2.75) is 6.54 Å². The molecule has 0 saturated heterocycles. The topological polar surface area (TPSA) is 69.0 Å². The molecule has 6 heteroatoms. The second-order valence-corrected chi connectivity index (χ2v) is 5.27. The molecular weight excluding hydrogens is 304 g/mol. The highest BCUT2D eigenvalue weighted by Gasteiger charge is 2.14. The van der Waals surface area contributed by atoms with Crippen molar-refractivity contribution in [2.75, 3.05) is 7.11 Å².